The number of rotatable bonds is 7. The molecule has 31 heavy (non-hydrogen) atoms. The molecule has 1 N–H and O–H groups in total. The number of carbonyl (C=O) groups is 3. The van der Waals surface area contributed by atoms with Gasteiger partial charge in [-0.2, -0.15) is 0 Å². The summed E-state index contributed by atoms with van der Waals surface area (Å²) in [7, 11) is 0. The van der Waals surface area contributed by atoms with Crippen molar-refractivity contribution in [2.75, 3.05) is 11.9 Å². The summed E-state index contributed by atoms with van der Waals surface area (Å²) in [4.78, 5) is 44.2. The molecule has 1 aliphatic rings. The van der Waals surface area contributed by atoms with Crippen molar-refractivity contribution < 1.29 is 28.6 Å². The van der Waals surface area contributed by atoms with Crippen molar-refractivity contribution in [1.29, 1.82) is 0 Å². The fraction of sp³-hybridized carbons (Fsp3) is 0.476. The number of carbonyl (C=O) groups excluding carboxylic acids is 3. The molecule has 10 heteroatoms. The Morgan fingerprint density at radius 3 is 2.48 bits per heavy atom. The van der Waals surface area contributed by atoms with E-state index in [-0.39, 0.29) is 30.3 Å². The topological polar surface area (TPSA) is 117 Å². The molecule has 1 fully saturated rings. The molecular formula is C21H25N3O6S. The lowest BCUT2D eigenvalue weighted by atomic mass is 9.83. The van der Waals surface area contributed by atoms with Gasteiger partial charge >= 0.3 is 11.9 Å². The van der Waals surface area contributed by atoms with Crippen LogP contribution in [0.4, 0.5) is 5.13 Å². The predicted molar refractivity (Wildman–Crippen MR) is 113 cm³/mol. The first-order chi connectivity index (χ1) is 14.8. The lowest BCUT2D eigenvalue weighted by Crippen LogP contribution is -2.55. The first kappa shape index (κ1) is 22.8. The third-order valence-corrected chi connectivity index (χ3v) is 6.17. The Bertz CT molecular complexity index is 932. The van der Waals surface area contributed by atoms with Gasteiger partial charge in [0, 0.05) is 37.7 Å². The normalized spacial score (nSPS) is 25.5. The van der Waals surface area contributed by atoms with Gasteiger partial charge in [0.1, 0.15) is 12.7 Å². The van der Waals surface area contributed by atoms with E-state index in [0.29, 0.717) is 15.6 Å². The summed E-state index contributed by atoms with van der Waals surface area (Å²) >= 11 is 1.17. The van der Waals surface area contributed by atoms with Crippen LogP contribution in [-0.4, -0.2) is 52.7 Å². The van der Waals surface area contributed by atoms with E-state index in [1.807, 2.05) is 13.8 Å². The second-order valence-electron chi connectivity index (χ2n) is 7.43. The number of esters is 2. The Morgan fingerprint density at radius 1 is 1.13 bits per heavy atom. The summed E-state index contributed by atoms with van der Waals surface area (Å²) < 4.78 is 16.8. The number of pyridine rings is 1. The quantitative estimate of drug-likeness (QED) is 0.505. The van der Waals surface area contributed by atoms with Gasteiger partial charge in [0.2, 0.25) is 5.78 Å². The van der Waals surface area contributed by atoms with Crippen LogP contribution < -0.4 is 5.32 Å². The molecule has 0 amide bonds. The molecule has 1 aliphatic heterocycles. The van der Waals surface area contributed by atoms with Gasteiger partial charge in [0.25, 0.3) is 0 Å². The van der Waals surface area contributed by atoms with Crippen LogP contribution in [0.1, 0.15) is 42.9 Å². The highest BCUT2D eigenvalue weighted by atomic mass is 32.1. The SMILES string of the molecule is CC(=O)OCC1O[C@H](Nc2ncc(C(=O)c3ccncc3)s2)C(OC(C)=O)[C@@H](C)[C@@H]1C. The summed E-state index contributed by atoms with van der Waals surface area (Å²) in [6, 6.07) is 3.28. The maximum absolute atomic E-state index is 12.6. The predicted octanol–water partition coefficient (Wildman–Crippen LogP) is 2.67. The smallest absolute Gasteiger partial charge is 0.303 e. The molecule has 1 saturated heterocycles. The van der Waals surface area contributed by atoms with Crippen molar-refractivity contribution in [2.24, 2.45) is 11.8 Å². The number of hydrogen-bond donors (Lipinski definition) is 1. The molecule has 0 aliphatic carbocycles. The monoisotopic (exact) mass is 447 g/mol. The molecule has 2 aromatic rings. The average Bonchev–Trinajstić information content (AvgIpc) is 3.20. The lowest BCUT2D eigenvalue weighted by molar-refractivity contribution is -0.197. The van der Waals surface area contributed by atoms with E-state index in [9.17, 15) is 14.4 Å². The summed E-state index contributed by atoms with van der Waals surface area (Å²) in [5.41, 5.74) is 0.515. The molecule has 2 unspecified atom stereocenters. The van der Waals surface area contributed by atoms with Crippen LogP contribution >= 0.6 is 11.3 Å². The molecule has 9 nitrogen and oxygen atoms in total. The van der Waals surface area contributed by atoms with E-state index in [2.05, 4.69) is 15.3 Å². The van der Waals surface area contributed by atoms with Crippen molar-refractivity contribution in [1.82, 2.24) is 9.97 Å². The molecule has 5 atom stereocenters. The standard InChI is InChI=1S/C21H25N3O6S/c1-11-12(2)19(29-14(4)26)20(30-16(11)10-28-13(3)25)24-21-23-9-17(31-21)18(27)15-5-7-22-8-6-15/h5-9,11-12,16,19-20H,10H2,1-4H3,(H,23,24)/t11-,12-,16?,19?,20-/m0/s1. The van der Waals surface area contributed by atoms with E-state index in [4.69, 9.17) is 14.2 Å². The molecule has 3 rings (SSSR count). The number of nitrogens with one attached hydrogen (secondary N) is 1. The number of hydrogen-bond acceptors (Lipinski definition) is 10. The number of thiazole rings is 1. The van der Waals surface area contributed by atoms with Gasteiger partial charge < -0.3 is 19.5 Å². The molecule has 0 radical (unpaired) electrons. The Kier molecular flexibility index (Phi) is 7.34. The Morgan fingerprint density at radius 2 is 1.84 bits per heavy atom. The molecule has 0 saturated carbocycles. The van der Waals surface area contributed by atoms with Crippen LogP contribution in [0.2, 0.25) is 0 Å². The zero-order chi connectivity index (χ0) is 22.5. The van der Waals surface area contributed by atoms with Crippen molar-refractivity contribution >= 4 is 34.2 Å². The van der Waals surface area contributed by atoms with Gasteiger partial charge in [0.05, 0.1) is 17.2 Å². The Hall–Kier alpha value is -2.85. The number of ketones is 1. The molecule has 3 heterocycles. The van der Waals surface area contributed by atoms with Crippen LogP contribution in [0.15, 0.2) is 30.7 Å². The minimum Gasteiger partial charge on any atom is -0.463 e. The number of anilines is 1. The summed E-state index contributed by atoms with van der Waals surface area (Å²) in [5.74, 6) is -1.08. The maximum atomic E-state index is 12.6. The van der Waals surface area contributed by atoms with Gasteiger partial charge in [0.15, 0.2) is 11.4 Å². The van der Waals surface area contributed by atoms with Crippen molar-refractivity contribution in [2.45, 2.75) is 46.1 Å². The Labute approximate surface area is 184 Å². The molecular weight excluding hydrogens is 422 g/mol. The van der Waals surface area contributed by atoms with E-state index in [1.54, 1.807) is 24.5 Å². The van der Waals surface area contributed by atoms with Gasteiger partial charge in [-0.3, -0.25) is 19.4 Å². The third kappa shape index (κ3) is 5.65. The Balaban J connectivity index is 1.77. The van der Waals surface area contributed by atoms with Gasteiger partial charge in [-0.05, 0) is 18.1 Å². The second kappa shape index (κ2) is 9.97. The lowest BCUT2D eigenvalue weighted by Gasteiger charge is -2.43. The van der Waals surface area contributed by atoms with Crippen molar-refractivity contribution in [3.8, 4) is 0 Å². The summed E-state index contributed by atoms with van der Waals surface area (Å²) in [6.45, 7) is 6.69. The molecule has 2 aromatic heterocycles. The third-order valence-electron chi connectivity index (χ3n) is 5.24. The zero-order valence-electron chi connectivity index (χ0n) is 17.7. The highest BCUT2D eigenvalue weighted by Gasteiger charge is 2.44. The van der Waals surface area contributed by atoms with E-state index >= 15 is 0 Å². The summed E-state index contributed by atoms with van der Waals surface area (Å²) in [6.07, 6.45) is 2.91. The van der Waals surface area contributed by atoms with Crippen LogP contribution in [0.25, 0.3) is 0 Å². The number of nitrogens with zero attached hydrogens (tertiary/aromatic N) is 2. The van der Waals surface area contributed by atoms with Gasteiger partial charge in [-0.25, -0.2) is 4.98 Å². The first-order valence-corrected chi connectivity index (χ1v) is 10.7. The summed E-state index contributed by atoms with van der Waals surface area (Å²) in [5, 5.41) is 3.59. The van der Waals surface area contributed by atoms with Crippen molar-refractivity contribution in [3.63, 3.8) is 0 Å². The highest BCUT2D eigenvalue weighted by Crippen LogP contribution is 2.34. The van der Waals surface area contributed by atoms with Crippen LogP contribution in [0, 0.1) is 11.8 Å². The minimum atomic E-state index is -0.717. The second-order valence-corrected chi connectivity index (χ2v) is 8.46. The van der Waals surface area contributed by atoms with E-state index < -0.39 is 24.3 Å². The van der Waals surface area contributed by atoms with Crippen LogP contribution in [-0.2, 0) is 23.8 Å². The van der Waals surface area contributed by atoms with Crippen LogP contribution in [0.3, 0.4) is 0 Å². The van der Waals surface area contributed by atoms with E-state index in [1.165, 1.54) is 31.4 Å². The largest absolute Gasteiger partial charge is 0.463 e. The van der Waals surface area contributed by atoms with Gasteiger partial charge in [-0.15, -0.1) is 0 Å². The molecule has 0 spiro atoms. The number of ether oxygens (including phenoxy) is 3. The fourth-order valence-electron chi connectivity index (χ4n) is 3.38. The molecule has 0 bridgehead atoms. The van der Waals surface area contributed by atoms with E-state index in [0.717, 1.165) is 0 Å². The highest BCUT2D eigenvalue weighted by molar-refractivity contribution is 7.17. The van der Waals surface area contributed by atoms with Crippen LogP contribution in [0.5, 0.6) is 0 Å². The van der Waals surface area contributed by atoms with Gasteiger partial charge in [-0.1, -0.05) is 25.2 Å². The maximum Gasteiger partial charge on any atom is 0.303 e. The zero-order valence-corrected chi connectivity index (χ0v) is 18.5. The fourth-order valence-corrected chi connectivity index (χ4v) is 4.19. The first-order valence-electron chi connectivity index (χ1n) is 9.89. The minimum absolute atomic E-state index is 0.0260. The van der Waals surface area contributed by atoms with Crippen molar-refractivity contribution in [3.05, 3.63) is 41.2 Å². The number of aromatic nitrogens is 2. The molecule has 166 valence electrons. The molecule has 0 aromatic carbocycles. The average molecular weight is 448 g/mol.